The average Bonchev–Trinajstić information content (AvgIpc) is 2.66. The molecule has 1 heterocycles. The monoisotopic (exact) mass is 230 g/mol. The quantitative estimate of drug-likeness (QED) is 0.765. The molecule has 0 radical (unpaired) electrons. The van der Waals surface area contributed by atoms with Gasteiger partial charge in [-0.1, -0.05) is 12.1 Å². The van der Waals surface area contributed by atoms with Crippen LogP contribution in [0.15, 0.2) is 10.6 Å². The molecule has 0 amide bonds. The average molecular weight is 230 g/mol. The standard InChI is InChI=1S/C9H14N2O3S/c1-6(15-2)4-10-5-7-3-8(9(12)13)11-14-7/h3,6,10H,4-5H2,1-2H3,(H,12,13). The van der Waals surface area contributed by atoms with E-state index in [1.807, 2.05) is 6.26 Å². The van der Waals surface area contributed by atoms with Gasteiger partial charge in [0.05, 0.1) is 6.54 Å². The van der Waals surface area contributed by atoms with Crippen molar-refractivity contribution in [1.82, 2.24) is 10.5 Å². The number of carbonyl (C=O) groups is 1. The highest BCUT2D eigenvalue weighted by Gasteiger charge is 2.10. The lowest BCUT2D eigenvalue weighted by molar-refractivity contribution is 0.0685. The van der Waals surface area contributed by atoms with Crippen molar-refractivity contribution >= 4 is 17.7 Å². The van der Waals surface area contributed by atoms with Crippen LogP contribution in [0, 0.1) is 0 Å². The summed E-state index contributed by atoms with van der Waals surface area (Å²) >= 11 is 1.77. The van der Waals surface area contributed by atoms with E-state index in [1.165, 1.54) is 6.07 Å². The van der Waals surface area contributed by atoms with E-state index in [-0.39, 0.29) is 5.69 Å². The molecule has 0 saturated heterocycles. The maximum absolute atomic E-state index is 10.5. The summed E-state index contributed by atoms with van der Waals surface area (Å²) in [5.74, 6) is -0.525. The molecule has 0 spiro atoms. The Labute approximate surface area is 92.2 Å². The molecule has 0 bridgehead atoms. The minimum absolute atomic E-state index is 0.0512. The highest BCUT2D eigenvalue weighted by molar-refractivity contribution is 7.99. The highest BCUT2D eigenvalue weighted by Crippen LogP contribution is 2.05. The van der Waals surface area contributed by atoms with Crippen molar-refractivity contribution in [2.75, 3.05) is 12.8 Å². The molecule has 0 saturated carbocycles. The zero-order chi connectivity index (χ0) is 11.3. The van der Waals surface area contributed by atoms with E-state index in [9.17, 15) is 4.79 Å². The van der Waals surface area contributed by atoms with E-state index < -0.39 is 5.97 Å². The fourth-order valence-electron chi connectivity index (χ4n) is 0.979. The Balaban J connectivity index is 2.35. The molecule has 1 aromatic heterocycles. The summed E-state index contributed by atoms with van der Waals surface area (Å²) < 4.78 is 4.84. The van der Waals surface area contributed by atoms with Crippen LogP contribution in [0.4, 0.5) is 0 Å². The summed E-state index contributed by atoms with van der Waals surface area (Å²) in [5.41, 5.74) is -0.0512. The molecule has 1 atom stereocenters. The van der Waals surface area contributed by atoms with E-state index in [2.05, 4.69) is 17.4 Å². The van der Waals surface area contributed by atoms with Crippen LogP contribution < -0.4 is 5.32 Å². The van der Waals surface area contributed by atoms with Crippen LogP contribution in [0.3, 0.4) is 0 Å². The molecular formula is C9H14N2O3S. The number of carboxylic acids is 1. The number of nitrogens with zero attached hydrogens (tertiary/aromatic N) is 1. The van der Waals surface area contributed by atoms with Gasteiger partial charge in [0, 0.05) is 17.9 Å². The van der Waals surface area contributed by atoms with Gasteiger partial charge in [-0.3, -0.25) is 0 Å². The molecule has 0 fully saturated rings. The number of rotatable bonds is 6. The molecule has 0 aromatic carbocycles. The maximum Gasteiger partial charge on any atom is 0.358 e. The molecule has 0 aliphatic rings. The smallest absolute Gasteiger partial charge is 0.358 e. The van der Waals surface area contributed by atoms with Crippen molar-refractivity contribution in [1.29, 1.82) is 0 Å². The Morgan fingerprint density at radius 1 is 1.80 bits per heavy atom. The SMILES string of the molecule is CSC(C)CNCc1cc(C(=O)O)no1. The van der Waals surface area contributed by atoms with Crippen LogP contribution >= 0.6 is 11.8 Å². The Morgan fingerprint density at radius 2 is 2.53 bits per heavy atom. The van der Waals surface area contributed by atoms with Crippen molar-refractivity contribution in [3.8, 4) is 0 Å². The van der Waals surface area contributed by atoms with Crippen LogP contribution in [0.2, 0.25) is 0 Å². The molecular weight excluding hydrogens is 216 g/mol. The normalized spacial score (nSPS) is 12.7. The van der Waals surface area contributed by atoms with Crippen molar-refractivity contribution in [2.45, 2.75) is 18.7 Å². The van der Waals surface area contributed by atoms with E-state index in [1.54, 1.807) is 11.8 Å². The van der Waals surface area contributed by atoms with Gasteiger partial charge in [-0.25, -0.2) is 4.79 Å². The summed E-state index contributed by atoms with van der Waals surface area (Å²) in [5, 5.41) is 15.7. The van der Waals surface area contributed by atoms with Gasteiger partial charge in [0.25, 0.3) is 0 Å². The minimum atomic E-state index is -1.07. The Kier molecular flexibility index (Phi) is 4.64. The van der Waals surface area contributed by atoms with Crippen molar-refractivity contribution in [3.05, 3.63) is 17.5 Å². The molecule has 6 heteroatoms. The van der Waals surface area contributed by atoms with Crippen molar-refractivity contribution in [3.63, 3.8) is 0 Å². The largest absolute Gasteiger partial charge is 0.476 e. The van der Waals surface area contributed by atoms with E-state index in [0.29, 0.717) is 17.6 Å². The highest BCUT2D eigenvalue weighted by atomic mass is 32.2. The lowest BCUT2D eigenvalue weighted by atomic mass is 10.3. The number of nitrogens with one attached hydrogen (secondary N) is 1. The third kappa shape index (κ3) is 3.93. The van der Waals surface area contributed by atoms with Crippen LogP contribution in [0.5, 0.6) is 0 Å². The molecule has 1 aromatic rings. The second kappa shape index (κ2) is 5.77. The predicted octanol–water partition coefficient (Wildman–Crippen LogP) is 1.21. The second-order valence-electron chi connectivity index (χ2n) is 3.16. The molecule has 84 valence electrons. The molecule has 2 N–H and O–H groups in total. The first kappa shape index (κ1) is 12.1. The Morgan fingerprint density at radius 3 is 3.07 bits per heavy atom. The first-order chi connectivity index (χ1) is 7.13. The molecule has 1 rings (SSSR count). The van der Waals surface area contributed by atoms with Crippen LogP contribution in [0.25, 0.3) is 0 Å². The van der Waals surface area contributed by atoms with Gasteiger partial charge in [-0.2, -0.15) is 11.8 Å². The first-order valence-electron chi connectivity index (χ1n) is 4.56. The van der Waals surface area contributed by atoms with Gasteiger partial charge in [-0.15, -0.1) is 0 Å². The molecule has 0 aliphatic heterocycles. The molecule has 5 nitrogen and oxygen atoms in total. The fraction of sp³-hybridized carbons (Fsp3) is 0.556. The van der Waals surface area contributed by atoms with Crippen LogP contribution in [-0.2, 0) is 6.54 Å². The van der Waals surface area contributed by atoms with Crippen molar-refractivity contribution in [2.24, 2.45) is 0 Å². The van der Waals surface area contributed by atoms with Crippen LogP contribution in [0.1, 0.15) is 23.2 Å². The minimum Gasteiger partial charge on any atom is -0.476 e. The first-order valence-corrected chi connectivity index (χ1v) is 5.84. The zero-order valence-corrected chi connectivity index (χ0v) is 9.50. The van der Waals surface area contributed by atoms with Crippen LogP contribution in [-0.4, -0.2) is 34.3 Å². The van der Waals surface area contributed by atoms with E-state index in [0.717, 1.165) is 6.54 Å². The van der Waals surface area contributed by atoms with E-state index >= 15 is 0 Å². The van der Waals surface area contributed by atoms with Gasteiger partial charge in [0.2, 0.25) is 0 Å². The maximum atomic E-state index is 10.5. The summed E-state index contributed by atoms with van der Waals surface area (Å²) in [6, 6.07) is 1.43. The van der Waals surface area contributed by atoms with Gasteiger partial charge in [0.1, 0.15) is 0 Å². The van der Waals surface area contributed by atoms with Gasteiger partial charge >= 0.3 is 5.97 Å². The number of thioether (sulfide) groups is 1. The molecule has 0 aliphatic carbocycles. The third-order valence-corrected chi connectivity index (χ3v) is 2.88. The van der Waals surface area contributed by atoms with Gasteiger partial charge in [-0.05, 0) is 6.26 Å². The Hall–Kier alpha value is -1.01. The summed E-state index contributed by atoms with van der Waals surface area (Å²) in [6.45, 7) is 3.47. The van der Waals surface area contributed by atoms with Gasteiger partial charge in [0.15, 0.2) is 11.5 Å². The number of hydrogen-bond acceptors (Lipinski definition) is 5. The summed E-state index contributed by atoms with van der Waals surface area (Å²) in [7, 11) is 0. The second-order valence-corrected chi connectivity index (χ2v) is 4.44. The molecule has 1 unspecified atom stereocenters. The summed E-state index contributed by atoms with van der Waals surface area (Å²) in [6.07, 6.45) is 2.04. The molecule has 15 heavy (non-hydrogen) atoms. The van der Waals surface area contributed by atoms with E-state index in [4.69, 9.17) is 9.63 Å². The number of aromatic carboxylic acids is 1. The number of hydrogen-bond donors (Lipinski definition) is 2. The topological polar surface area (TPSA) is 75.4 Å². The predicted molar refractivity (Wildman–Crippen MR) is 58.1 cm³/mol. The Bertz CT molecular complexity index is 327. The fourth-order valence-corrected chi connectivity index (χ4v) is 1.26. The van der Waals surface area contributed by atoms with Gasteiger partial charge < -0.3 is 14.9 Å². The lowest BCUT2D eigenvalue weighted by Gasteiger charge is -2.07. The third-order valence-electron chi connectivity index (χ3n) is 1.91. The number of aromatic nitrogens is 1. The van der Waals surface area contributed by atoms with Crippen molar-refractivity contribution < 1.29 is 14.4 Å². The summed E-state index contributed by atoms with van der Waals surface area (Å²) in [4.78, 5) is 10.5. The lowest BCUT2D eigenvalue weighted by Crippen LogP contribution is -2.21. The zero-order valence-electron chi connectivity index (χ0n) is 8.69. The number of carboxylic acid groups (broad SMARTS) is 1.